The molecule has 234 valence electrons. The van der Waals surface area contributed by atoms with E-state index in [1.54, 1.807) is 45.4 Å². The van der Waals surface area contributed by atoms with Gasteiger partial charge in [0.15, 0.2) is 11.5 Å². The molecular formula is C35H43N3O6. The summed E-state index contributed by atoms with van der Waals surface area (Å²) >= 11 is 0. The second-order valence-corrected chi connectivity index (χ2v) is 11.6. The first-order valence-corrected chi connectivity index (χ1v) is 14.9. The van der Waals surface area contributed by atoms with Gasteiger partial charge >= 0.3 is 0 Å². The lowest BCUT2D eigenvalue weighted by molar-refractivity contribution is -0.131. The first-order valence-electron chi connectivity index (χ1n) is 14.9. The Morgan fingerprint density at radius 3 is 2.30 bits per heavy atom. The minimum Gasteiger partial charge on any atom is -0.493 e. The molecule has 1 aliphatic carbocycles. The summed E-state index contributed by atoms with van der Waals surface area (Å²) in [5, 5.41) is 6.31. The summed E-state index contributed by atoms with van der Waals surface area (Å²) in [7, 11) is 6.46. The zero-order chi connectivity index (χ0) is 32.0. The molecule has 0 saturated carbocycles. The molecule has 0 saturated heterocycles. The minimum absolute atomic E-state index is 0.102. The SMILES string of the molecule is COc1cc2c(c(OC)c1OC)-c1ccc(N[C@@H](CC(C)C)C(=O)N(C)Cc3ccccc3)c(=O)cc1[C@@H](NC(C)=O)CC2. The predicted molar refractivity (Wildman–Crippen MR) is 172 cm³/mol. The van der Waals surface area contributed by atoms with Gasteiger partial charge in [-0.25, -0.2) is 0 Å². The number of anilines is 1. The standard InChI is InChI=1S/C35H43N3O6/c1-21(2)17-29(35(41)38(4)20-23-11-9-8-10-12-23)37-28-16-14-25-26(19-30(28)40)27(36-22(3)39)15-13-24-18-31(42-5)33(43-6)34(44-7)32(24)25/h8-12,14,16,18-19,21,27,29H,13,15,17,20H2,1-7H3,(H,36,39)(H,37,40)/t27-,29-/m0/s1. The Kier molecular flexibility index (Phi) is 10.5. The van der Waals surface area contributed by atoms with Crippen molar-refractivity contribution < 1.29 is 23.8 Å². The van der Waals surface area contributed by atoms with Crippen LogP contribution in [-0.2, 0) is 22.6 Å². The lowest BCUT2D eigenvalue weighted by Crippen LogP contribution is -2.42. The number of nitrogens with one attached hydrogen (secondary N) is 2. The third kappa shape index (κ3) is 7.15. The fraction of sp³-hybridized carbons (Fsp3) is 0.400. The van der Waals surface area contributed by atoms with E-state index < -0.39 is 12.1 Å². The van der Waals surface area contributed by atoms with Crippen LogP contribution in [0.3, 0.4) is 0 Å². The molecule has 9 nitrogen and oxygen atoms in total. The molecule has 0 bridgehead atoms. The molecule has 3 aromatic carbocycles. The van der Waals surface area contributed by atoms with Crippen LogP contribution < -0.4 is 30.3 Å². The van der Waals surface area contributed by atoms with Gasteiger partial charge in [0.25, 0.3) is 0 Å². The fourth-order valence-corrected chi connectivity index (χ4v) is 5.91. The van der Waals surface area contributed by atoms with E-state index in [4.69, 9.17) is 14.2 Å². The van der Waals surface area contributed by atoms with Crippen LogP contribution in [0.15, 0.2) is 59.4 Å². The molecule has 0 aliphatic heterocycles. The van der Waals surface area contributed by atoms with Crippen molar-refractivity contribution in [2.24, 2.45) is 5.92 Å². The Hall–Kier alpha value is -4.53. The van der Waals surface area contributed by atoms with E-state index >= 15 is 0 Å². The van der Waals surface area contributed by atoms with Gasteiger partial charge in [0, 0.05) is 26.1 Å². The van der Waals surface area contributed by atoms with Crippen molar-refractivity contribution in [1.82, 2.24) is 10.2 Å². The van der Waals surface area contributed by atoms with E-state index in [1.165, 1.54) is 6.92 Å². The van der Waals surface area contributed by atoms with Crippen LogP contribution >= 0.6 is 0 Å². The highest BCUT2D eigenvalue weighted by atomic mass is 16.5. The molecule has 4 rings (SSSR count). The van der Waals surface area contributed by atoms with Crippen LogP contribution in [0.4, 0.5) is 5.69 Å². The van der Waals surface area contributed by atoms with Gasteiger partial charge in [-0.1, -0.05) is 50.2 Å². The molecule has 2 N–H and O–H groups in total. The van der Waals surface area contributed by atoms with E-state index in [2.05, 4.69) is 10.6 Å². The maximum atomic E-state index is 13.9. The van der Waals surface area contributed by atoms with Crippen LogP contribution in [0.1, 0.15) is 56.3 Å². The van der Waals surface area contributed by atoms with Crippen molar-refractivity contribution in [2.45, 2.75) is 58.7 Å². The third-order valence-electron chi connectivity index (χ3n) is 7.89. The summed E-state index contributed by atoms with van der Waals surface area (Å²) in [5.41, 5.74) is 4.14. The molecule has 3 aromatic rings. The van der Waals surface area contributed by atoms with Gasteiger partial charge in [0.1, 0.15) is 6.04 Å². The molecule has 9 heteroatoms. The second-order valence-electron chi connectivity index (χ2n) is 11.6. The smallest absolute Gasteiger partial charge is 0.245 e. The van der Waals surface area contributed by atoms with Gasteiger partial charge in [-0.3, -0.25) is 14.4 Å². The van der Waals surface area contributed by atoms with Crippen molar-refractivity contribution >= 4 is 17.5 Å². The van der Waals surface area contributed by atoms with Gasteiger partial charge in [-0.2, -0.15) is 0 Å². The molecule has 0 aromatic heterocycles. The highest BCUT2D eigenvalue weighted by Gasteiger charge is 2.30. The van der Waals surface area contributed by atoms with Gasteiger partial charge in [-0.15, -0.1) is 0 Å². The van der Waals surface area contributed by atoms with Crippen molar-refractivity contribution in [3.8, 4) is 28.4 Å². The van der Waals surface area contributed by atoms with Crippen LogP contribution in [-0.4, -0.2) is 51.1 Å². The number of benzene rings is 2. The van der Waals surface area contributed by atoms with Crippen molar-refractivity contribution in [2.75, 3.05) is 33.7 Å². The highest BCUT2D eigenvalue weighted by Crippen LogP contribution is 2.50. The number of fused-ring (bicyclic) bond motifs is 3. The predicted octanol–water partition coefficient (Wildman–Crippen LogP) is 5.35. The number of rotatable bonds is 11. The third-order valence-corrected chi connectivity index (χ3v) is 7.89. The molecular weight excluding hydrogens is 558 g/mol. The summed E-state index contributed by atoms with van der Waals surface area (Å²) in [6.45, 7) is 6.02. The molecule has 2 amide bonds. The average molecular weight is 602 g/mol. The van der Waals surface area contributed by atoms with Crippen molar-refractivity contribution in [1.29, 1.82) is 0 Å². The minimum atomic E-state index is -0.615. The zero-order valence-electron chi connectivity index (χ0n) is 26.7. The Bertz CT molecular complexity index is 1560. The van der Waals surface area contributed by atoms with Gasteiger partial charge in [0.2, 0.25) is 23.0 Å². The summed E-state index contributed by atoms with van der Waals surface area (Å²) in [5.74, 6) is 1.35. The number of amides is 2. The molecule has 0 radical (unpaired) electrons. The number of hydrogen-bond donors (Lipinski definition) is 2. The Morgan fingerprint density at radius 2 is 1.68 bits per heavy atom. The van der Waals surface area contributed by atoms with Crippen LogP contribution in [0.5, 0.6) is 17.2 Å². The van der Waals surface area contributed by atoms with E-state index in [0.29, 0.717) is 54.3 Å². The molecule has 2 atom stereocenters. The van der Waals surface area contributed by atoms with E-state index in [0.717, 1.165) is 22.3 Å². The Morgan fingerprint density at radius 1 is 0.977 bits per heavy atom. The van der Waals surface area contributed by atoms with E-state index in [9.17, 15) is 14.4 Å². The summed E-state index contributed by atoms with van der Waals surface area (Å²) < 4.78 is 17.2. The van der Waals surface area contributed by atoms with Gasteiger partial charge < -0.3 is 29.7 Å². The van der Waals surface area contributed by atoms with Gasteiger partial charge in [0.05, 0.1) is 33.1 Å². The first kappa shape index (κ1) is 32.4. The number of carbonyl (C=O) groups is 2. The van der Waals surface area contributed by atoms with E-state index in [1.807, 2.05) is 56.3 Å². The molecule has 0 unspecified atom stereocenters. The van der Waals surface area contributed by atoms with Crippen LogP contribution in [0.2, 0.25) is 0 Å². The number of aryl methyl sites for hydroxylation is 1. The molecule has 1 aliphatic rings. The number of likely N-dealkylation sites (N-methyl/N-ethyl adjacent to an activating group) is 1. The fourth-order valence-electron chi connectivity index (χ4n) is 5.91. The molecule has 0 spiro atoms. The van der Waals surface area contributed by atoms with Crippen molar-refractivity contribution in [3.63, 3.8) is 0 Å². The number of nitrogens with zero attached hydrogens (tertiary/aromatic N) is 1. The number of ether oxygens (including phenoxy) is 3. The number of carbonyl (C=O) groups excluding carboxylic acids is 2. The Balaban J connectivity index is 1.83. The number of methoxy groups -OCH3 is 3. The summed E-state index contributed by atoms with van der Waals surface area (Å²) in [6, 6.07) is 15.8. The van der Waals surface area contributed by atoms with Crippen LogP contribution in [0.25, 0.3) is 11.1 Å². The summed E-state index contributed by atoms with van der Waals surface area (Å²) in [4.78, 5) is 41.5. The number of hydrogen-bond acceptors (Lipinski definition) is 7. The van der Waals surface area contributed by atoms with Gasteiger partial charge in [-0.05, 0) is 65.6 Å². The maximum Gasteiger partial charge on any atom is 0.245 e. The van der Waals surface area contributed by atoms with Crippen LogP contribution in [0, 0.1) is 5.92 Å². The second kappa shape index (κ2) is 14.3. The monoisotopic (exact) mass is 601 g/mol. The average Bonchev–Trinajstić information content (AvgIpc) is 3.24. The zero-order valence-corrected chi connectivity index (χ0v) is 26.7. The normalized spacial score (nSPS) is 14.4. The summed E-state index contributed by atoms with van der Waals surface area (Å²) in [6.07, 6.45) is 1.70. The quantitative estimate of drug-likeness (QED) is 0.305. The Labute approximate surface area is 259 Å². The first-order chi connectivity index (χ1) is 21.1. The lowest BCUT2D eigenvalue weighted by Gasteiger charge is -2.26. The molecule has 0 fully saturated rings. The molecule has 44 heavy (non-hydrogen) atoms. The van der Waals surface area contributed by atoms with E-state index in [-0.39, 0.29) is 23.2 Å². The topological polar surface area (TPSA) is 106 Å². The lowest BCUT2D eigenvalue weighted by atomic mass is 9.95. The van der Waals surface area contributed by atoms with Crippen molar-refractivity contribution in [3.05, 3.63) is 81.5 Å². The maximum absolute atomic E-state index is 13.9. The molecule has 0 heterocycles. The largest absolute Gasteiger partial charge is 0.493 e. The highest BCUT2D eigenvalue weighted by molar-refractivity contribution is 5.86.